The Balaban J connectivity index is 2.23. The van der Waals surface area contributed by atoms with Crippen LogP contribution in [0.15, 0.2) is 42.5 Å². The standard InChI is InChI=1S/C14H16O4/c1-2-17-13(15)8-9-14(16)18-11-10-12-6-4-3-5-7-12/h3-9H,2,10-11H2,1H3/b9-8-. The van der Waals surface area contributed by atoms with Gasteiger partial charge in [0.05, 0.1) is 13.2 Å². The molecule has 0 aromatic heterocycles. The fourth-order valence-electron chi connectivity index (χ4n) is 1.29. The molecule has 0 saturated carbocycles. The van der Waals surface area contributed by atoms with Crippen molar-refractivity contribution in [2.75, 3.05) is 13.2 Å². The predicted molar refractivity (Wildman–Crippen MR) is 66.9 cm³/mol. The van der Waals surface area contributed by atoms with Crippen LogP contribution in [0.1, 0.15) is 12.5 Å². The monoisotopic (exact) mass is 248 g/mol. The Labute approximate surface area is 106 Å². The normalized spacial score (nSPS) is 10.3. The highest BCUT2D eigenvalue weighted by Crippen LogP contribution is 1.99. The molecule has 18 heavy (non-hydrogen) atoms. The summed E-state index contributed by atoms with van der Waals surface area (Å²) in [6.07, 6.45) is 2.79. The van der Waals surface area contributed by atoms with E-state index in [-0.39, 0.29) is 13.2 Å². The maximum absolute atomic E-state index is 11.2. The third-order valence-corrected chi connectivity index (χ3v) is 2.12. The summed E-state index contributed by atoms with van der Waals surface area (Å²) < 4.78 is 9.57. The van der Waals surface area contributed by atoms with Crippen molar-refractivity contribution in [1.82, 2.24) is 0 Å². The molecule has 0 aliphatic rings. The van der Waals surface area contributed by atoms with Gasteiger partial charge in [0.2, 0.25) is 0 Å². The molecule has 0 N–H and O–H groups in total. The van der Waals surface area contributed by atoms with Crippen molar-refractivity contribution in [1.29, 1.82) is 0 Å². The van der Waals surface area contributed by atoms with E-state index in [0.29, 0.717) is 6.42 Å². The topological polar surface area (TPSA) is 52.6 Å². The van der Waals surface area contributed by atoms with Crippen molar-refractivity contribution in [2.24, 2.45) is 0 Å². The summed E-state index contributed by atoms with van der Waals surface area (Å²) in [4.78, 5) is 22.2. The van der Waals surface area contributed by atoms with Gasteiger partial charge in [-0.3, -0.25) is 0 Å². The molecule has 0 unspecified atom stereocenters. The zero-order valence-electron chi connectivity index (χ0n) is 10.3. The minimum atomic E-state index is -0.544. The summed E-state index contributed by atoms with van der Waals surface area (Å²) in [6, 6.07) is 9.71. The molecule has 1 aromatic rings. The lowest BCUT2D eigenvalue weighted by Gasteiger charge is -2.02. The summed E-state index contributed by atoms with van der Waals surface area (Å²) >= 11 is 0. The molecule has 0 amide bonds. The Morgan fingerprint density at radius 3 is 2.28 bits per heavy atom. The molecule has 4 heteroatoms. The summed E-state index contributed by atoms with van der Waals surface area (Å²) in [5.74, 6) is -1.09. The maximum Gasteiger partial charge on any atom is 0.331 e. The Morgan fingerprint density at radius 1 is 1.06 bits per heavy atom. The number of benzene rings is 1. The molecule has 0 heterocycles. The van der Waals surface area contributed by atoms with Crippen LogP contribution in [0.5, 0.6) is 0 Å². The first-order valence-corrected chi connectivity index (χ1v) is 5.78. The average Bonchev–Trinajstić information content (AvgIpc) is 2.38. The fraction of sp³-hybridized carbons (Fsp3) is 0.286. The van der Waals surface area contributed by atoms with E-state index in [9.17, 15) is 9.59 Å². The van der Waals surface area contributed by atoms with Gasteiger partial charge >= 0.3 is 11.9 Å². The van der Waals surface area contributed by atoms with Crippen LogP contribution in [-0.4, -0.2) is 25.2 Å². The number of esters is 2. The lowest BCUT2D eigenvalue weighted by atomic mass is 10.2. The largest absolute Gasteiger partial charge is 0.463 e. The van der Waals surface area contributed by atoms with Gasteiger partial charge in [-0.15, -0.1) is 0 Å². The van der Waals surface area contributed by atoms with Gasteiger partial charge in [0.25, 0.3) is 0 Å². The number of hydrogen-bond acceptors (Lipinski definition) is 4. The Hall–Kier alpha value is -2.10. The molecular weight excluding hydrogens is 232 g/mol. The number of hydrogen-bond donors (Lipinski definition) is 0. The molecule has 0 saturated heterocycles. The third kappa shape index (κ3) is 5.84. The summed E-state index contributed by atoms with van der Waals surface area (Å²) in [5, 5.41) is 0. The molecule has 0 aliphatic carbocycles. The first-order chi connectivity index (χ1) is 8.72. The van der Waals surface area contributed by atoms with Gasteiger partial charge in [0, 0.05) is 18.6 Å². The van der Waals surface area contributed by atoms with E-state index in [4.69, 9.17) is 4.74 Å². The van der Waals surface area contributed by atoms with Crippen molar-refractivity contribution in [3.05, 3.63) is 48.0 Å². The van der Waals surface area contributed by atoms with Crippen molar-refractivity contribution >= 4 is 11.9 Å². The highest BCUT2D eigenvalue weighted by molar-refractivity contribution is 5.91. The predicted octanol–water partition coefficient (Wildman–Crippen LogP) is 1.89. The second-order valence-corrected chi connectivity index (χ2v) is 3.49. The van der Waals surface area contributed by atoms with Crippen molar-refractivity contribution < 1.29 is 19.1 Å². The first-order valence-electron chi connectivity index (χ1n) is 5.78. The third-order valence-electron chi connectivity index (χ3n) is 2.12. The highest BCUT2D eigenvalue weighted by Gasteiger charge is 2.00. The van der Waals surface area contributed by atoms with Gasteiger partial charge in [-0.1, -0.05) is 30.3 Å². The Bertz CT molecular complexity index is 409. The van der Waals surface area contributed by atoms with Gasteiger partial charge < -0.3 is 9.47 Å². The van der Waals surface area contributed by atoms with E-state index in [1.165, 1.54) is 0 Å². The molecule has 0 spiro atoms. The van der Waals surface area contributed by atoms with Gasteiger partial charge in [-0.05, 0) is 12.5 Å². The average molecular weight is 248 g/mol. The van der Waals surface area contributed by atoms with Crippen LogP contribution < -0.4 is 0 Å². The zero-order chi connectivity index (χ0) is 13.2. The second-order valence-electron chi connectivity index (χ2n) is 3.49. The van der Waals surface area contributed by atoms with Gasteiger partial charge in [0.1, 0.15) is 0 Å². The summed E-state index contributed by atoms with van der Waals surface area (Å²) in [7, 11) is 0. The van der Waals surface area contributed by atoms with E-state index >= 15 is 0 Å². The molecule has 0 radical (unpaired) electrons. The van der Waals surface area contributed by atoms with Crippen LogP contribution in [0.25, 0.3) is 0 Å². The van der Waals surface area contributed by atoms with Gasteiger partial charge in [-0.2, -0.15) is 0 Å². The zero-order valence-corrected chi connectivity index (χ0v) is 10.3. The molecule has 1 aromatic carbocycles. The first kappa shape index (κ1) is 14.0. The number of carbonyl (C=O) groups is 2. The molecule has 0 atom stereocenters. The lowest BCUT2D eigenvalue weighted by molar-refractivity contribution is -0.140. The molecule has 96 valence electrons. The number of rotatable bonds is 6. The van der Waals surface area contributed by atoms with E-state index < -0.39 is 11.9 Å². The van der Waals surface area contributed by atoms with Crippen LogP contribution in [0.3, 0.4) is 0 Å². The Morgan fingerprint density at radius 2 is 1.67 bits per heavy atom. The van der Waals surface area contributed by atoms with Crippen LogP contribution in [-0.2, 0) is 25.5 Å². The SMILES string of the molecule is CCOC(=O)/C=C\C(=O)OCCc1ccccc1. The summed E-state index contributed by atoms with van der Waals surface area (Å²) in [5.41, 5.74) is 1.10. The van der Waals surface area contributed by atoms with Crippen molar-refractivity contribution in [2.45, 2.75) is 13.3 Å². The minimum absolute atomic E-state index is 0.284. The van der Waals surface area contributed by atoms with Crippen LogP contribution in [0.4, 0.5) is 0 Å². The number of carbonyl (C=O) groups excluding carboxylic acids is 2. The van der Waals surface area contributed by atoms with Crippen LogP contribution in [0.2, 0.25) is 0 Å². The number of ether oxygens (including phenoxy) is 2. The second kappa shape index (κ2) is 8.06. The van der Waals surface area contributed by atoms with E-state index in [0.717, 1.165) is 17.7 Å². The molecule has 0 aliphatic heterocycles. The molecule has 4 nitrogen and oxygen atoms in total. The smallest absolute Gasteiger partial charge is 0.331 e. The minimum Gasteiger partial charge on any atom is -0.463 e. The molecule has 0 fully saturated rings. The van der Waals surface area contributed by atoms with Crippen molar-refractivity contribution in [3.63, 3.8) is 0 Å². The van der Waals surface area contributed by atoms with Gasteiger partial charge in [0.15, 0.2) is 0 Å². The lowest BCUT2D eigenvalue weighted by Crippen LogP contribution is -2.06. The molecular formula is C14H16O4. The van der Waals surface area contributed by atoms with Gasteiger partial charge in [-0.25, -0.2) is 9.59 Å². The highest BCUT2D eigenvalue weighted by atomic mass is 16.5. The van der Waals surface area contributed by atoms with E-state index in [2.05, 4.69) is 4.74 Å². The van der Waals surface area contributed by atoms with Crippen LogP contribution >= 0.6 is 0 Å². The maximum atomic E-state index is 11.2. The van der Waals surface area contributed by atoms with Crippen molar-refractivity contribution in [3.8, 4) is 0 Å². The fourth-order valence-corrected chi connectivity index (χ4v) is 1.29. The Kier molecular flexibility index (Phi) is 6.25. The van der Waals surface area contributed by atoms with E-state index in [1.807, 2.05) is 30.3 Å². The molecule has 0 bridgehead atoms. The quantitative estimate of drug-likeness (QED) is 0.570. The molecule has 1 rings (SSSR count). The van der Waals surface area contributed by atoms with E-state index in [1.54, 1.807) is 6.92 Å². The van der Waals surface area contributed by atoms with Crippen LogP contribution in [0, 0.1) is 0 Å². The summed E-state index contributed by atoms with van der Waals surface area (Å²) in [6.45, 7) is 2.27.